The van der Waals surface area contributed by atoms with E-state index in [-0.39, 0.29) is 24.4 Å². The molecule has 0 aliphatic carbocycles. The lowest BCUT2D eigenvalue weighted by atomic mass is 10.1. The average Bonchev–Trinajstić information content (AvgIpc) is 2.97. The molecule has 0 aromatic carbocycles. The molecule has 3 rings (SSSR count). The molecular weight excluding hydrogens is 294 g/mol. The Morgan fingerprint density at radius 3 is 2.74 bits per heavy atom. The molecule has 3 heterocycles. The molecule has 2 aliphatic rings. The van der Waals surface area contributed by atoms with E-state index in [0.717, 1.165) is 25.3 Å². The minimum absolute atomic E-state index is 0.107. The van der Waals surface area contributed by atoms with Gasteiger partial charge in [-0.05, 0) is 51.4 Å². The van der Waals surface area contributed by atoms with Crippen LogP contribution in [0.25, 0.3) is 0 Å². The predicted octanol–water partition coefficient (Wildman–Crippen LogP) is 1.79. The fraction of sp³-hybridized carbons (Fsp3) is 0.647. The molecule has 6 nitrogen and oxygen atoms in total. The number of nitrogens with zero attached hydrogens (tertiary/aromatic N) is 2. The number of piperidine rings is 1. The summed E-state index contributed by atoms with van der Waals surface area (Å²) >= 11 is 0. The van der Waals surface area contributed by atoms with Gasteiger partial charge in [0, 0.05) is 13.1 Å². The van der Waals surface area contributed by atoms with Crippen LogP contribution in [0.2, 0.25) is 0 Å². The number of hydrogen-bond acceptors (Lipinski definition) is 4. The molecule has 2 amide bonds. The zero-order valence-electron chi connectivity index (χ0n) is 13.7. The quantitative estimate of drug-likeness (QED) is 0.922. The van der Waals surface area contributed by atoms with Gasteiger partial charge in [-0.2, -0.15) is 0 Å². The number of rotatable bonds is 3. The molecule has 2 saturated heterocycles. The molecule has 0 spiro atoms. The van der Waals surface area contributed by atoms with Crippen LogP contribution in [0.3, 0.4) is 0 Å². The van der Waals surface area contributed by atoms with E-state index in [9.17, 15) is 9.59 Å². The normalized spacial score (nSPS) is 21.6. The maximum absolute atomic E-state index is 12.5. The highest BCUT2D eigenvalue weighted by molar-refractivity contribution is 5.94. The molecule has 1 aromatic rings. The molecule has 0 radical (unpaired) electrons. The van der Waals surface area contributed by atoms with Crippen LogP contribution in [0, 0.1) is 0 Å². The fourth-order valence-corrected chi connectivity index (χ4v) is 3.31. The van der Waals surface area contributed by atoms with Crippen molar-refractivity contribution in [1.82, 2.24) is 15.1 Å². The van der Waals surface area contributed by atoms with Gasteiger partial charge < -0.3 is 14.6 Å². The van der Waals surface area contributed by atoms with E-state index >= 15 is 0 Å². The summed E-state index contributed by atoms with van der Waals surface area (Å²) in [5.74, 6) is 0.858. The summed E-state index contributed by atoms with van der Waals surface area (Å²) in [6.45, 7) is 5.59. The first-order chi connectivity index (χ1) is 11.1. The van der Waals surface area contributed by atoms with Crippen LogP contribution in [0.1, 0.15) is 55.0 Å². The zero-order valence-corrected chi connectivity index (χ0v) is 13.7. The van der Waals surface area contributed by atoms with Crippen LogP contribution in [0.15, 0.2) is 16.5 Å². The third-order valence-corrected chi connectivity index (χ3v) is 4.74. The lowest BCUT2D eigenvalue weighted by molar-refractivity contribution is -0.121. The van der Waals surface area contributed by atoms with Gasteiger partial charge in [-0.15, -0.1) is 0 Å². The molecule has 23 heavy (non-hydrogen) atoms. The molecule has 126 valence electrons. The molecular formula is C17H25N3O3. The van der Waals surface area contributed by atoms with E-state index in [2.05, 4.69) is 17.1 Å². The highest BCUT2D eigenvalue weighted by Crippen LogP contribution is 2.26. The van der Waals surface area contributed by atoms with Gasteiger partial charge in [0.1, 0.15) is 5.76 Å². The number of hydrogen-bond donors (Lipinski definition) is 1. The van der Waals surface area contributed by atoms with Crippen molar-refractivity contribution in [2.75, 3.05) is 32.7 Å². The number of carbonyl (C=O) groups excluding carboxylic acids is 2. The van der Waals surface area contributed by atoms with E-state index in [1.807, 2.05) is 6.07 Å². The molecule has 1 aromatic heterocycles. The van der Waals surface area contributed by atoms with Crippen LogP contribution in [0.4, 0.5) is 0 Å². The summed E-state index contributed by atoms with van der Waals surface area (Å²) in [6.07, 6.45) is 4.51. The third kappa shape index (κ3) is 3.75. The molecule has 1 atom stereocenters. The zero-order chi connectivity index (χ0) is 16.2. The van der Waals surface area contributed by atoms with Gasteiger partial charge in [-0.25, -0.2) is 0 Å². The Bertz CT molecular complexity index is 563. The van der Waals surface area contributed by atoms with Gasteiger partial charge in [0.25, 0.3) is 5.91 Å². The van der Waals surface area contributed by atoms with Gasteiger partial charge in [0.15, 0.2) is 5.76 Å². The molecule has 0 unspecified atom stereocenters. The minimum Gasteiger partial charge on any atom is -0.454 e. The van der Waals surface area contributed by atoms with Crippen molar-refractivity contribution in [2.45, 2.75) is 38.6 Å². The van der Waals surface area contributed by atoms with E-state index < -0.39 is 0 Å². The standard InChI is InChI=1S/C17H25N3O3/c1-13(19-9-3-2-4-10-19)14-6-7-15(23-14)17(22)20-11-5-8-18-16(21)12-20/h6-7,13H,2-5,8-12H2,1H3,(H,18,21)/t13-/m1/s1. The molecule has 6 heteroatoms. The number of likely N-dealkylation sites (tertiary alicyclic amines) is 1. The fourth-order valence-electron chi connectivity index (χ4n) is 3.31. The Hall–Kier alpha value is -1.82. The van der Waals surface area contributed by atoms with Crippen molar-refractivity contribution in [2.24, 2.45) is 0 Å². The number of furan rings is 1. The second kappa shape index (κ2) is 7.17. The summed E-state index contributed by atoms with van der Waals surface area (Å²) < 4.78 is 5.83. The van der Waals surface area contributed by atoms with Crippen molar-refractivity contribution >= 4 is 11.8 Å². The summed E-state index contributed by atoms with van der Waals surface area (Å²) in [5, 5.41) is 2.78. The van der Waals surface area contributed by atoms with E-state index in [1.165, 1.54) is 19.3 Å². The van der Waals surface area contributed by atoms with Crippen LogP contribution < -0.4 is 5.32 Å². The van der Waals surface area contributed by atoms with E-state index in [4.69, 9.17) is 4.42 Å². The predicted molar refractivity (Wildman–Crippen MR) is 86.1 cm³/mol. The van der Waals surface area contributed by atoms with Gasteiger partial charge in [-0.3, -0.25) is 14.5 Å². The second-order valence-electron chi connectivity index (χ2n) is 6.40. The van der Waals surface area contributed by atoms with Crippen LogP contribution in [-0.2, 0) is 4.79 Å². The second-order valence-corrected chi connectivity index (χ2v) is 6.40. The summed E-state index contributed by atoms with van der Waals surface area (Å²) in [7, 11) is 0. The summed E-state index contributed by atoms with van der Waals surface area (Å²) in [5.41, 5.74) is 0. The van der Waals surface area contributed by atoms with Crippen LogP contribution in [-0.4, -0.2) is 54.3 Å². The lowest BCUT2D eigenvalue weighted by Gasteiger charge is -2.31. The van der Waals surface area contributed by atoms with Crippen molar-refractivity contribution in [3.05, 3.63) is 23.7 Å². The third-order valence-electron chi connectivity index (χ3n) is 4.74. The highest BCUT2D eigenvalue weighted by Gasteiger charge is 2.26. The Balaban J connectivity index is 1.67. The van der Waals surface area contributed by atoms with Crippen molar-refractivity contribution < 1.29 is 14.0 Å². The first-order valence-corrected chi connectivity index (χ1v) is 8.55. The Morgan fingerprint density at radius 1 is 1.17 bits per heavy atom. The van der Waals surface area contributed by atoms with Gasteiger partial charge in [-0.1, -0.05) is 6.42 Å². The molecule has 1 N–H and O–H groups in total. The largest absolute Gasteiger partial charge is 0.454 e. The van der Waals surface area contributed by atoms with Gasteiger partial charge in [0.05, 0.1) is 12.6 Å². The maximum atomic E-state index is 12.5. The molecule has 2 aliphatic heterocycles. The first-order valence-electron chi connectivity index (χ1n) is 8.55. The van der Waals surface area contributed by atoms with Crippen molar-refractivity contribution in [3.8, 4) is 0 Å². The van der Waals surface area contributed by atoms with E-state index in [0.29, 0.717) is 18.8 Å². The summed E-state index contributed by atoms with van der Waals surface area (Å²) in [6, 6.07) is 3.81. The van der Waals surface area contributed by atoms with Gasteiger partial charge >= 0.3 is 0 Å². The number of nitrogens with one attached hydrogen (secondary N) is 1. The smallest absolute Gasteiger partial charge is 0.290 e. The first kappa shape index (κ1) is 16.1. The van der Waals surface area contributed by atoms with Crippen molar-refractivity contribution in [1.29, 1.82) is 0 Å². The van der Waals surface area contributed by atoms with Gasteiger partial charge in [0.2, 0.25) is 5.91 Å². The number of carbonyl (C=O) groups is 2. The average molecular weight is 319 g/mol. The van der Waals surface area contributed by atoms with Crippen LogP contribution >= 0.6 is 0 Å². The lowest BCUT2D eigenvalue weighted by Crippen LogP contribution is -2.37. The highest BCUT2D eigenvalue weighted by atomic mass is 16.4. The SMILES string of the molecule is C[C@H](c1ccc(C(=O)N2CCCNC(=O)C2)o1)N1CCCCC1. The topological polar surface area (TPSA) is 65.8 Å². The molecule has 2 fully saturated rings. The Morgan fingerprint density at radius 2 is 1.96 bits per heavy atom. The van der Waals surface area contributed by atoms with Crippen molar-refractivity contribution in [3.63, 3.8) is 0 Å². The summed E-state index contributed by atoms with van der Waals surface area (Å²) in [4.78, 5) is 28.1. The Kier molecular flexibility index (Phi) is 5.00. The molecule has 0 saturated carbocycles. The monoisotopic (exact) mass is 319 g/mol. The van der Waals surface area contributed by atoms with E-state index in [1.54, 1.807) is 11.0 Å². The molecule has 0 bridgehead atoms. The maximum Gasteiger partial charge on any atom is 0.290 e. The number of amides is 2. The van der Waals surface area contributed by atoms with Crippen LogP contribution in [0.5, 0.6) is 0 Å². The minimum atomic E-state index is -0.195. The Labute approximate surface area is 136 Å².